The number of ether oxygens (including phenoxy) is 1. The molecule has 1 aliphatic heterocycles. The second-order valence-electron chi connectivity index (χ2n) is 6.66. The summed E-state index contributed by atoms with van der Waals surface area (Å²) in [6.07, 6.45) is 0.901. The van der Waals surface area contributed by atoms with Gasteiger partial charge in [0, 0.05) is 31.1 Å². The largest absolute Gasteiger partial charge is 0.495 e. The van der Waals surface area contributed by atoms with E-state index in [1.165, 1.54) is 16.3 Å². The van der Waals surface area contributed by atoms with E-state index in [4.69, 9.17) is 16.3 Å². The van der Waals surface area contributed by atoms with E-state index < -0.39 is 10.0 Å². The number of hydrogen-bond donors (Lipinski definition) is 1. The van der Waals surface area contributed by atoms with Gasteiger partial charge in [0.1, 0.15) is 5.75 Å². The number of carbonyl (C=O) groups excluding carboxylic acids is 2. The summed E-state index contributed by atoms with van der Waals surface area (Å²) in [6.45, 7) is 2.13. The monoisotopic (exact) mass is 431 g/mol. The standard InChI is InChI=1S/C18H26ClN3O5S/c1-4-28(25,26)22-9-7-13(8-10-22)18(24)21(2)12-17(23)20-15-11-14(19)5-6-16(15)27-3/h5-6,11,13H,4,7-10,12H2,1-3H3,(H,20,23). The van der Waals surface area contributed by atoms with Crippen LogP contribution in [0.3, 0.4) is 0 Å². The minimum absolute atomic E-state index is 0.0542. The molecule has 0 saturated carbocycles. The van der Waals surface area contributed by atoms with E-state index in [0.29, 0.717) is 42.4 Å². The molecular weight excluding hydrogens is 406 g/mol. The summed E-state index contributed by atoms with van der Waals surface area (Å²) >= 11 is 5.95. The normalized spacial score (nSPS) is 15.9. The van der Waals surface area contributed by atoms with E-state index in [1.54, 1.807) is 32.2 Å². The van der Waals surface area contributed by atoms with Gasteiger partial charge in [-0.15, -0.1) is 0 Å². The predicted molar refractivity (Wildman–Crippen MR) is 108 cm³/mol. The first-order valence-electron chi connectivity index (χ1n) is 9.04. The molecule has 10 heteroatoms. The van der Waals surface area contributed by atoms with Crippen molar-refractivity contribution in [3.63, 3.8) is 0 Å². The maximum atomic E-state index is 12.6. The number of nitrogens with one attached hydrogen (secondary N) is 1. The number of rotatable bonds is 7. The van der Waals surface area contributed by atoms with Crippen molar-refractivity contribution in [2.75, 3.05) is 44.9 Å². The van der Waals surface area contributed by atoms with Crippen molar-refractivity contribution >= 4 is 39.1 Å². The lowest BCUT2D eigenvalue weighted by molar-refractivity contribution is -0.138. The van der Waals surface area contributed by atoms with E-state index in [1.807, 2.05) is 0 Å². The van der Waals surface area contributed by atoms with Gasteiger partial charge in [-0.1, -0.05) is 11.6 Å². The van der Waals surface area contributed by atoms with Crippen LogP contribution in [0, 0.1) is 5.92 Å². The number of likely N-dealkylation sites (N-methyl/N-ethyl adjacent to an activating group) is 1. The molecule has 0 bridgehead atoms. The van der Waals surface area contributed by atoms with Gasteiger partial charge in [-0.2, -0.15) is 0 Å². The molecule has 1 saturated heterocycles. The van der Waals surface area contributed by atoms with Gasteiger partial charge in [0.05, 0.1) is 25.1 Å². The molecule has 1 aromatic carbocycles. The van der Waals surface area contributed by atoms with Crippen molar-refractivity contribution in [1.82, 2.24) is 9.21 Å². The molecule has 1 aliphatic rings. The van der Waals surface area contributed by atoms with Gasteiger partial charge in [0.15, 0.2) is 0 Å². The Balaban J connectivity index is 1.91. The summed E-state index contributed by atoms with van der Waals surface area (Å²) in [5, 5.41) is 3.15. The zero-order chi connectivity index (χ0) is 20.9. The van der Waals surface area contributed by atoms with Gasteiger partial charge < -0.3 is 15.0 Å². The van der Waals surface area contributed by atoms with Crippen LogP contribution in [0.4, 0.5) is 5.69 Å². The lowest BCUT2D eigenvalue weighted by Crippen LogP contribution is -2.45. The highest BCUT2D eigenvalue weighted by molar-refractivity contribution is 7.89. The summed E-state index contributed by atoms with van der Waals surface area (Å²) in [4.78, 5) is 26.3. The van der Waals surface area contributed by atoms with Crippen LogP contribution >= 0.6 is 11.6 Å². The quantitative estimate of drug-likeness (QED) is 0.710. The van der Waals surface area contributed by atoms with Crippen molar-refractivity contribution in [3.05, 3.63) is 23.2 Å². The average Bonchev–Trinajstić information content (AvgIpc) is 2.67. The molecule has 0 atom stereocenters. The lowest BCUT2D eigenvalue weighted by atomic mass is 9.96. The highest BCUT2D eigenvalue weighted by atomic mass is 35.5. The highest BCUT2D eigenvalue weighted by Crippen LogP contribution is 2.27. The van der Waals surface area contributed by atoms with Gasteiger partial charge in [0.25, 0.3) is 0 Å². The Morgan fingerprint density at radius 2 is 1.96 bits per heavy atom. The number of anilines is 1. The fraction of sp³-hybridized carbons (Fsp3) is 0.556. The number of nitrogens with zero attached hydrogens (tertiary/aromatic N) is 2. The van der Waals surface area contributed by atoms with Crippen LogP contribution < -0.4 is 10.1 Å². The Morgan fingerprint density at radius 1 is 1.32 bits per heavy atom. The number of halogens is 1. The number of benzene rings is 1. The van der Waals surface area contributed by atoms with Gasteiger partial charge in [-0.3, -0.25) is 9.59 Å². The molecule has 8 nitrogen and oxygen atoms in total. The molecule has 0 spiro atoms. The first-order valence-corrected chi connectivity index (χ1v) is 11.0. The number of carbonyl (C=O) groups is 2. The Labute approximate surface area is 170 Å². The van der Waals surface area contributed by atoms with Gasteiger partial charge in [-0.25, -0.2) is 12.7 Å². The van der Waals surface area contributed by atoms with Crippen LogP contribution in [0.5, 0.6) is 5.75 Å². The fourth-order valence-electron chi connectivity index (χ4n) is 3.14. The van der Waals surface area contributed by atoms with Crippen molar-refractivity contribution in [1.29, 1.82) is 0 Å². The smallest absolute Gasteiger partial charge is 0.244 e. The van der Waals surface area contributed by atoms with Crippen LogP contribution in [-0.2, 0) is 19.6 Å². The zero-order valence-electron chi connectivity index (χ0n) is 16.3. The third kappa shape index (κ3) is 5.59. The molecule has 28 heavy (non-hydrogen) atoms. The topological polar surface area (TPSA) is 96.0 Å². The van der Waals surface area contributed by atoms with Crippen molar-refractivity contribution < 1.29 is 22.7 Å². The Bertz CT molecular complexity index is 823. The molecule has 2 rings (SSSR count). The first-order chi connectivity index (χ1) is 13.2. The van der Waals surface area contributed by atoms with Crippen LogP contribution in [0.2, 0.25) is 5.02 Å². The molecule has 0 aromatic heterocycles. The lowest BCUT2D eigenvalue weighted by Gasteiger charge is -2.32. The van der Waals surface area contributed by atoms with Crippen molar-refractivity contribution in [3.8, 4) is 5.75 Å². The molecular formula is C18H26ClN3O5S. The number of piperidine rings is 1. The number of methoxy groups -OCH3 is 1. The maximum Gasteiger partial charge on any atom is 0.244 e. The molecule has 1 N–H and O–H groups in total. The molecule has 2 amide bonds. The summed E-state index contributed by atoms with van der Waals surface area (Å²) in [5.41, 5.74) is 0.430. The SMILES string of the molecule is CCS(=O)(=O)N1CCC(C(=O)N(C)CC(=O)Nc2cc(Cl)ccc2OC)CC1. The third-order valence-corrected chi connectivity index (χ3v) is 6.87. The summed E-state index contributed by atoms with van der Waals surface area (Å²) in [5.74, 6) is -0.305. The van der Waals surface area contributed by atoms with Crippen molar-refractivity contribution in [2.24, 2.45) is 5.92 Å². The average molecular weight is 432 g/mol. The third-order valence-electron chi connectivity index (χ3n) is 4.75. The molecule has 0 radical (unpaired) electrons. The number of hydrogen-bond acceptors (Lipinski definition) is 5. The highest BCUT2D eigenvalue weighted by Gasteiger charge is 2.31. The molecule has 1 fully saturated rings. The van der Waals surface area contributed by atoms with Crippen molar-refractivity contribution in [2.45, 2.75) is 19.8 Å². The van der Waals surface area contributed by atoms with E-state index in [0.717, 1.165) is 0 Å². The molecule has 0 unspecified atom stereocenters. The van der Waals surface area contributed by atoms with Crippen LogP contribution in [0.1, 0.15) is 19.8 Å². The minimum atomic E-state index is -3.23. The second-order valence-corrected chi connectivity index (χ2v) is 9.35. The molecule has 156 valence electrons. The number of amides is 2. The van der Waals surface area contributed by atoms with Gasteiger partial charge in [0.2, 0.25) is 21.8 Å². The Kier molecular flexibility index (Phi) is 7.68. The van der Waals surface area contributed by atoms with Crippen LogP contribution in [-0.4, -0.2) is 69.0 Å². The molecule has 1 aromatic rings. The predicted octanol–water partition coefficient (Wildman–Crippen LogP) is 1.81. The second kappa shape index (κ2) is 9.58. The minimum Gasteiger partial charge on any atom is -0.495 e. The van der Waals surface area contributed by atoms with E-state index >= 15 is 0 Å². The van der Waals surface area contributed by atoms with Crippen LogP contribution in [0.15, 0.2) is 18.2 Å². The fourth-order valence-corrected chi connectivity index (χ4v) is 4.44. The van der Waals surface area contributed by atoms with Gasteiger partial charge in [-0.05, 0) is 38.0 Å². The van der Waals surface area contributed by atoms with E-state index in [9.17, 15) is 18.0 Å². The van der Waals surface area contributed by atoms with Crippen LogP contribution in [0.25, 0.3) is 0 Å². The van der Waals surface area contributed by atoms with Gasteiger partial charge >= 0.3 is 0 Å². The zero-order valence-corrected chi connectivity index (χ0v) is 17.8. The summed E-state index contributed by atoms with van der Waals surface area (Å²) in [7, 11) is -0.185. The summed E-state index contributed by atoms with van der Waals surface area (Å²) in [6, 6.07) is 4.87. The maximum absolute atomic E-state index is 12.6. The molecule has 1 heterocycles. The summed E-state index contributed by atoms with van der Waals surface area (Å²) < 4.78 is 30.4. The first kappa shape index (κ1) is 22.4. The van der Waals surface area contributed by atoms with E-state index in [2.05, 4.69) is 5.32 Å². The molecule has 0 aliphatic carbocycles. The Morgan fingerprint density at radius 3 is 2.54 bits per heavy atom. The number of sulfonamides is 1. The van der Waals surface area contributed by atoms with E-state index in [-0.39, 0.29) is 30.0 Å². The Hall–Kier alpha value is -1.84.